The monoisotopic (exact) mass is 378 g/mol. The van der Waals surface area contributed by atoms with Gasteiger partial charge in [0.15, 0.2) is 4.34 Å². The number of nitrogens with zero attached hydrogens (tertiary/aromatic N) is 2. The molecule has 1 heterocycles. The number of halogens is 3. The Hall–Kier alpha value is -2.01. The summed E-state index contributed by atoms with van der Waals surface area (Å²) >= 11 is 2.75. The number of thioether (sulfide) groups is 1. The quantitative estimate of drug-likeness (QED) is 0.568. The zero-order valence-corrected chi connectivity index (χ0v) is 14.0. The first-order chi connectivity index (χ1) is 11.3. The molecule has 1 aromatic heterocycles. The molecule has 0 saturated carbocycles. The van der Waals surface area contributed by atoms with Crippen molar-refractivity contribution in [2.24, 2.45) is 0 Å². The van der Waals surface area contributed by atoms with E-state index in [0.717, 1.165) is 4.34 Å². The normalized spacial score (nSPS) is 11.2. The van der Waals surface area contributed by atoms with Crippen LogP contribution < -0.4 is 15.4 Å². The van der Waals surface area contributed by atoms with Crippen LogP contribution in [0.4, 0.5) is 24.0 Å². The van der Waals surface area contributed by atoms with Gasteiger partial charge in [-0.3, -0.25) is 4.79 Å². The Balaban J connectivity index is 1.84. The molecule has 0 aliphatic rings. The predicted molar refractivity (Wildman–Crippen MR) is 85.7 cm³/mol. The Morgan fingerprint density at radius 2 is 2.00 bits per heavy atom. The Morgan fingerprint density at radius 3 is 2.62 bits per heavy atom. The molecule has 0 aliphatic heterocycles. The van der Waals surface area contributed by atoms with Crippen molar-refractivity contribution < 1.29 is 22.7 Å². The first-order valence-corrected chi connectivity index (χ1v) is 8.45. The molecule has 1 aromatic carbocycles. The molecule has 1 amide bonds. The molecule has 2 N–H and O–H groups in total. The second kappa shape index (κ2) is 8.20. The number of ether oxygens (including phenoxy) is 1. The van der Waals surface area contributed by atoms with Crippen LogP contribution in [0.25, 0.3) is 0 Å². The fraction of sp³-hybridized carbons (Fsp3) is 0.308. The number of aromatic nitrogens is 2. The highest BCUT2D eigenvalue weighted by atomic mass is 32.2. The van der Waals surface area contributed by atoms with E-state index in [1.165, 1.54) is 54.3 Å². The van der Waals surface area contributed by atoms with Gasteiger partial charge in [-0.15, -0.1) is 23.4 Å². The molecule has 24 heavy (non-hydrogen) atoms. The Labute approximate surface area is 143 Å². The molecule has 0 unspecified atom stereocenters. The number of carbonyl (C=O) groups is 1. The van der Waals surface area contributed by atoms with E-state index in [0.29, 0.717) is 23.1 Å². The smallest absolute Gasteiger partial charge is 0.406 e. The Kier molecular flexibility index (Phi) is 6.26. The molecule has 6 nitrogen and oxygen atoms in total. The van der Waals surface area contributed by atoms with E-state index in [4.69, 9.17) is 0 Å². The van der Waals surface area contributed by atoms with Crippen LogP contribution >= 0.6 is 23.1 Å². The highest BCUT2D eigenvalue weighted by molar-refractivity contribution is 8.01. The molecular weight excluding hydrogens is 365 g/mol. The summed E-state index contributed by atoms with van der Waals surface area (Å²) in [6.07, 6.45) is -4.71. The number of amides is 1. The fourth-order valence-electron chi connectivity index (χ4n) is 1.55. The molecule has 11 heteroatoms. The number of benzene rings is 1. The summed E-state index contributed by atoms with van der Waals surface area (Å²) in [6, 6.07) is 5.32. The average molecular weight is 378 g/mol. The minimum Gasteiger partial charge on any atom is -0.406 e. The van der Waals surface area contributed by atoms with Gasteiger partial charge in [0.25, 0.3) is 0 Å². The van der Waals surface area contributed by atoms with E-state index in [1.54, 1.807) is 0 Å². The van der Waals surface area contributed by atoms with Gasteiger partial charge in [-0.1, -0.05) is 23.1 Å². The summed E-state index contributed by atoms with van der Waals surface area (Å²) in [5, 5.41) is 14.1. The van der Waals surface area contributed by atoms with Crippen LogP contribution in [0.1, 0.15) is 6.92 Å². The van der Waals surface area contributed by atoms with Crippen LogP contribution in [0, 0.1) is 0 Å². The first-order valence-electron chi connectivity index (χ1n) is 6.65. The van der Waals surface area contributed by atoms with Crippen LogP contribution in [-0.2, 0) is 4.79 Å². The van der Waals surface area contributed by atoms with Gasteiger partial charge in [0, 0.05) is 24.9 Å². The van der Waals surface area contributed by atoms with Crippen LogP contribution in [0.2, 0.25) is 0 Å². The molecule has 130 valence electrons. The minimum atomic E-state index is -4.71. The van der Waals surface area contributed by atoms with Gasteiger partial charge in [-0.2, -0.15) is 0 Å². The van der Waals surface area contributed by atoms with Crippen molar-refractivity contribution in [1.82, 2.24) is 15.5 Å². The van der Waals surface area contributed by atoms with E-state index in [9.17, 15) is 18.0 Å². The third kappa shape index (κ3) is 6.62. The van der Waals surface area contributed by atoms with Gasteiger partial charge in [0.1, 0.15) is 5.75 Å². The lowest BCUT2D eigenvalue weighted by Crippen LogP contribution is -2.22. The third-order valence-electron chi connectivity index (χ3n) is 2.45. The van der Waals surface area contributed by atoms with Gasteiger partial charge >= 0.3 is 6.36 Å². The lowest BCUT2D eigenvalue weighted by molar-refractivity contribution is -0.274. The maximum Gasteiger partial charge on any atom is 0.573 e. The largest absolute Gasteiger partial charge is 0.573 e. The van der Waals surface area contributed by atoms with E-state index in [1.807, 2.05) is 0 Å². The molecule has 0 atom stereocenters. The zero-order valence-electron chi connectivity index (χ0n) is 12.4. The molecule has 2 rings (SSSR count). The molecule has 0 aliphatic carbocycles. The number of hydrogen-bond donors (Lipinski definition) is 2. The molecule has 2 aromatic rings. The van der Waals surface area contributed by atoms with Crippen LogP contribution in [0.15, 0.2) is 28.6 Å². The molecule has 0 radical (unpaired) electrons. The second-order valence-electron chi connectivity index (χ2n) is 4.40. The van der Waals surface area contributed by atoms with Gasteiger partial charge < -0.3 is 15.4 Å². The number of nitrogens with one attached hydrogen (secondary N) is 2. The van der Waals surface area contributed by atoms with Crippen molar-refractivity contribution in [3.05, 3.63) is 24.3 Å². The van der Waals surface area contributed by atoms with Crippen molar-refractivity contribution >= 4 is 39.8 Å². The van der Waals surface area contributed by atoms with Gasteiger partial charge in [0.05, 0.1) is 0 Å². The summed E-state index contributed by atoms with van der Waals surface area (Å²) in [5.41, 5.74) is 0.565. The molecule has 0 fully saturated rings. The SMILES string of the molecule is CC(=O)NCCSc1nnc(Nc2ccc(OC(F)(F)F)cc2)s1. The summed E-state index contributed by atoms with van der Waals surface area (Å²) < 4.78 is 40.8. The first kappa shape index (κ1) is 18.3. The molecule has 0 saturated heterocycles. The number of anilines is 2. The van der Waals surface area contributed by atoms with Gasteiger partial charge in [-0.05, 0) is 24.3 Å². The Morgan fingerprint density at radius 1 is 1.29 bits per heavy atom. The van der Waals surface area contributed by atoms with Crippen LogP contribution in [0.3, 0.4) is 0 Å². The minimum absolute atomic E-state index is 0.0897. The average Bonchev–Trinajstić information content (AvgIpc) is 2.91. The Bertz CT molecular complexity index is 677. The van der Waals surface area contributed by atoms with Crippen molar-refractivity contribution in [3.8, 4) is 5.75 Å². The van der Waals surface area contributed by atoms with Crippen molar-refractivity contribution in [2.75, 3.05) is 17.6 Å². The summed E-state index contributed by atoms with van der Waals surface area (Å²) in [4.78, 5) is 10.7. The van der Waals surface area contributed by atoms with Crippen molar-refractivity contribution in [1.29, 1.82) is 0 Å². The lowest BCUT2D eigenvalue weighted by atomic mass is 10.3. The number of hydrogen-bond acceptors (Lipinski definition) is 7. The summed E-state index contributed by atoms with van der Waals surface area (Å²) in [6.45, 7) is 1.98. The van der Waals surface area contributed by atoms with Crippen molar-refractivity contribution in [2.45, 2.75) is 17.6 Å². The topological polar surface area (TPSA) is 76.1 Å². The third-order valence-corrected chi connectivity index (χ3v) is 4.42. The van der Waals surface area contributed by atoms with Crippen LogP contribution in [0.5, 0.6) is 5.75 Å². The predicted octanol–water partition coefficient (Wildman–Crippen LogP) is 3.41. The fourth-order valence-corrected chi connectivity index (χ4v) is 3.24. The number of rotatable bonds is 7. The maximum absolute atomic E-state index is 12.1. The summed E-state index contributed by atoms with van der Waals surface area (Å²) in [7, 11) is 0. The van der Waals surface area contributed by atoms with E-state index in [2.05, 4.69) is 25.6 Å². The highest BCUT2D eigenvalue weighted by Crippen LogP contribution is 2.29. The van der Waals surface area contributed by atoms with E-state index in [-0.39, 0.29) is 11.7 Å². The molecular formula is C13H13F3N4O2S2. The number of carbonyl (C=O) groups excluding carboxylic acids is 1. The van der Waals surface area contributed by atoms with Gasteiger partial charge in [0.2, 0.25) is 11.0 Å². The number of alkyl halides is 3. The zero-order chi connectivity index (χ0) is 17.6. The lowest BCUT2D eigenvalue weighted by Gasteiger charge is -2.09. The molecule has 0 spiro atoms. The molecule has 0 bridgehead atoms. The van der Waals surface area contributed by atoms with Crippen molar-refractivity contribution in [3.63, 3.8) is 0 Å². The summed E-state index contributed by atoms with van der Waals surface area (Å²) in [5.74, 6) is 0.283. The van der Waals surface area contributed by atoms with Gasteiger partial charge in [-0.25, -0.2) is 0 Å². The maximum atomic E-state index is 12.1. The van der Waals surface area contributed by atoms with E-state index < -0.39 is 6.36 Å². The standard InChI is InChI=1S/C13H13F3N4O2S2/c1-8(21)17-6-7-23-12-20-19-11(24-12)18-9-2-4-10(5-3-9)22-13(14,15)16/h2-5H,6-7H2,1H3,(H,17,21)(H,18,19). The van der Waals surface area contributed by atoms with E-state index >= 15 is 0 Å². The second-order valence-corrected chi connectivity index (χ2v) is 6.72. The highest BCUT2D eigenvalue weighted by Gasteiger charge is 2.30. The van der Waals surface area contributed by atoms with Crippen LogP contribution in [-0.4, -0.2) is 34.8 Å².